The normalized spacial score (nSPS) is 22.1. The molecule has 2 saturated heterocycles. The number of morpholine rings is 1. The van der Waals surface area contributed by atoms with Gasteiger partial charge in [0.05, 0.1) is 30.9 Å². The lowest BCUT2D eigenvalue weighted by Crippen LogP contribution is -2.55. The smallest absolute Gasteiger partial charge is 0.248 e. The van der Waals surface area contributed by atoms with Crippen LogP contribution in [0.4, 0.5) is 0 Å². The number of ether oxygens (including phenoxy) is 2. The van der Waals surface area contributed by atoms with E-state index in [1.165, 1.54) is 41.8 Å². The van der Waals surface area contributed by atoms with E-state index in [-0.39, 0.29) is 54.8 Å². The lowest BCUT2D eigenvalue weighted by molar-refractivity contribution is -0.140. The molecule has 2 atom stereocenters. The number of piperazine rings is 1. The minimum Gasteiger partial charge on any atom is -0.378 e. The summed E-state index contributed by atoms with van der Waals surface area (Å²) in [7, 11) is -3.87. The van der Waals surface area contributed by atoms with Gasteiger partial charge in [0.1, 0.15) is 11.5 Å². The van der Waals surface area contributed by atoms with Gasteiger partial charge in [0.25, 0.3) is 0 Å². The van der Waals surface area contributed by atoms with Gasteiger partial charge in [-0.2, -0.15) is 4.31 Å². The second kappa shape index (κ2) is 13.4. The fourth-order valence-electron chi connectivity index (χ4n) is 4.42. The zero-order chi connectivity index (χ0) is 24.6. The third-order valence-electron chi connectivity index (χ3n) is 6.25. The maximum absolute atomic E-state index is 13.3. The highest BCUT2D eigenvalue weighted by Crippen LogP contribution is 2.29. The van der Waals surface area contributed by atoms with E-state index in [4.69, 9.17) is 32.7 Å². The molecule has 0 bridgehead atoms. The Hall–Kier alpha value is -0.940. The van der Waals surface area contributed by atoms with E-state index >= 15 is 0 Å². The lowest BCUT2D eigenvalue weighted by Gasteiger charge is -2.37. The molecular formula is C23H35Cl2N3O5S. The van der Waals surface area contributed by atoms with Crippen LogP contribution in [-0.2, 0) is 24.3 Å². The van der Waals surface area contributed by atoms with Gasteiger partial charge < -0.3 is 19.7 Å². The number of rotatable bonds is 11. The van der Waals surface area contributed by atoms with Crippen LogP contribution < -0.4 is 5.32 Å². The summed E-state index contributed by atoms with van der Waals surface area (Å²) in [6.45, 7) is 5.02. The molecule has 0 aromatic heterocycles. The molecule has 1 aromatic rings. The van der Waals surface area contributed by atoms with Crippen LogP contribution in [0.15, 0.2) is 23.1 Å². The van der Waals surface area contributed by atoms with Crippen molar-refractivity contribution in [3.8, 4) is 0 Å². The molecule has 2 aliphatic rings. The van der Waals surface area contributed by atoms with E-state index in [9.17, 15) is 13.2 Å². The first kappa shape index (κ1) is 27.6. The van der Waals surface area contributed by atoms with Gasteiger partial charge in [-0.15, -0.1) is 0 Å². The number of carbonyl (C=O) groups is 1. The highest BCUT2D eigenvalue weighted by molar-refractivity contribution is 7.89. The first-order valence-corrected chi connectivity index (χ1v) is 14.2. The Bertz CT molecular complexity index is 918. The Morgan fingerprint density at radius 2 is 2.03 bits per heavy atom. The highest BCUT2D eigenvalue weighted by Gasteiger charge is 2.36. The van der Waals surface area contributed by atoms with E-state index < -0.39 is 16.1 Å². The molecule has 0 saturated carbocycles. The molecule has 0 radical (unpaired) electrons. The maximum atomic E-state index is 13.3. The van der Waals surface area contributed by atoms with Crippen molar-refractivity contribution in [2.24, 2.45) is 0 Å². The van der Waals surface area contributed by atoms with Crippen LogP contribution in [0.25, 0.3) is 0 Å². The largest absolute Gasteiger partial charge is 0.378 e. The van der Waals surface area contributed by atoms with E-state index in [2.05, 4.69) is 12.2 Å². The van der Waals surface area contributed by atoms with Crippen molar-refractivity contribution in [3.05, 3.63) is 28.2 Å². The fraction of sp³-hybridized carbons (Fsp3) is 0.696. The Labute approximate surface area is 212 Å². The zero-order valence-corrected chi connectivity index (χ0v) is 22.0. The molecule has 2 fully saturated rings. The Balaban J connectivity index is 1.57. The van der Waals surface area contributed by atoms with Crippen molar-refractivity contribution < 1.29 is 22.7 Å². The molecule has 11 heteroatoms. The van der Waals surface area contributed by atoms with E-state index in [0.29, 0.717) is 11.6 Å². The van der Waals surface area contributed by atoms with Crippen molar-refractivity contribution in [2.45, 2.75) is 56.0 Å². The van der Waals surface area contributed by atoms with Crippen LogP contribution in [0.2, 0.25) is 10.0 Å². The number of sulfonamides is 1. The SMILES string of the molecule is CCCCCCC1CNCCN1C(=O)COC[C@@H]1COCCN1S(=O)(=O)c1ccc(Cl)cc1Cl. The average molecular weight is 537 g/mol. The molecule has 8 nitrogen and oxygen atoms in total. The molecule has 1 aromatic carbocycles. The number of halogens is 2. The Morgan fingerprint density at radius 3 is 2.79 bits per heavy atom. The maximum Gasteiger partial charge on any atom is 0.248 e. The summed E-state index contributed by atoms with van der Waals surface area (Å²) in [6.07, 6.45) is 5.64. The fourth-order valence-corrected chi connectivity index (χ4v) is 6.75. The Kier molecular flexibility index (Phi) is 10.9. The van der Waals surface area contributed by atoms with E-state index in [1.54, 1.807) is 0 Å². The molecule has 2 aliphatic heterocycles. The summed E-state index contributed by atoms with van der Waals surface area (Å²) in [5.74, 6) is -0.0612. The summed E-state index contributed by atoms with van der Waals surface area (Å²) >= 11 is 12.1. The lowest BCUT2D eigenvalue weighted by atomic mass is 10.0. The highest BCUT2D eigenvalue weighted by atomic mass is 35.5. The summed E-state index contributed by atoms with van der Waals surface area (Å²) in [6, 6.07) is 3.93. The van der Waals surface area contributed by atoms with Crippen molar-refractivity contribution in [1.29, 1.82) is 0 Å². The van der Waals surface area contributed by atoms with Gasteiger partial charge in [-0.3, -0.25) is 4.79 Å². The van der Waals surface area contributed by atoms with Crippen molar-refractivity contribution >= 4 is 39.1 Å². The molecule has 2 heterocycles. The molecule has 34 heavy (non-hydrogen) atoms. The van der Waals surface area contributed by atoms with Crippen LogP contribution in [0.1, 0.15) is 39.0 Å². The molecule has 1 amide bonds. The average Bonchev–Trinajstić information content (AvgIpc) is 2.82. The number of hydrogen-bond donors (Lipinski definition) is 1. The zero-order valence-electron chi connectivity index (χ0n) is 19.7. The second-order valence-corrected chi connectivity index (χ2v) is 11.4. The van der Waals surface area contributed by atoms with Gasteiger partial charge >= 0.3 is 0 Å². The van der Waals surface area contributed by atoms with Crippen LogP contribution in [0.5, 0.6) is 0 Å². The van der Waals surface area contributed by atoms with Gasteiger partial charge in [-0.25, -0.2) is 8.42 Å². The van der Waals surface area contributed by atoms with Crippen molar-refractivity contribution in [2.75, 3.05) is 52.6 Å². The first-order chi connectivity index (χ1) is 16.3. The predicted octanol–water partition coefficient (Wildman–Crippen LogP) is 3.17. The minimum absolute atomic E-state index is 0.00623. The third kappa shape index (κ3) is 7.29. The summed E-state index contributed by atoms with van der Waals surface area (Å²) < 4.78 is 39.1. The number of benzene rings is 1. The van der Waals surface area contributed by atoms with Crippen molar-refractivity contribution in [3.63, 3.8) is 0 Å². The first-order valence-electron chi connectivity index (χ1n) is 12.0. The second-order valence-electron chi connectivity index (χ2n) is 8.73. The topological polar surface area (TPSA) is 88.2 Å². The monoisotopic (exact) mass is 535 g/mol. The van der Waals surface area contributed by atoms with Gasteiger partial charge in [-0.05, 0) is 24.6 Å². The van der Waals surface area contributed by atoms with Crippen LogP contribution in [0.3, 0.4) is 0 Å². The molecule has 0 spiro atoms. The summed E-state index contributed by atoms with van der Waals surface area (Å²) in [5, 5.41) is 3.80. The van der Waals surface area contributed by atoms with Crippen molar-refractivity contribution in [1.82, 2.24) is 14.5 Å². The molecule has 0 aliphatic carbocycles. The molecule has 1 unspecified atom stereocenters. The number of hydrogen-bond acceptors (Lipinski definition) is 6. The van der Waals surface area contributed by atoms with Crippen LogP contribution in [0, 0.1) is 0 Å². The predicted molar refractivity (Wildman–Crippen MR) is 133 cm³/mol. The van der Waals surface area contributed by atoms with E-state index in [1.807, 2.05) is 4.90 Å². The summed E-state index contributed by atoms with van der Waals surface area (Å²) in [5.41, 5.74) is 0. The van der Waals surface area contributed by atoms with Crippen LogP contribution >= 0.6 is 23.2 Å². The number of nitrogens with zero attached hydrogens (tertiary/aromatic N) is 2. The van der Waals surface area contributed by atoms with Crippen LogP contribution in [-0.4, -0.2) is 88.2 Å². The van der Waals surface area contributed by atoms with Gasteiger partial charge in [0, 0.05) is 37.2 Å². The molecule has 1 N–H and O–H groups in total. The summed E-state index contributed by atoms with van der Waals surface area (Å²) in [4.78, 5) is 14.8. The molecular weight excluding hydrogens is 501 g/mol. The third-order valence-corrected chi connectivity index (χ3v) is 8.92. The standard InChI is InChI=1S/C23H35Cl2N3O5S/c1-2-3-4-5-6-19-14-26-9-10-27(19)23(29)17-33-16-20-15-32-12-11-28(20)34(30,31)22-8-7-18(24)13-21(22)25/h7-8,13,19-20,26H,2-6,9-12,14-17H2,1H3/t19?,20-/m0/s1. The number of unbranched alkanes of at least 4 members (excludes halogenated alkanes) is 3. The molecule has 192 valence electrons. The number of amides is 1. The number of carbonyl (C=O) groups excluding carboxylic acids is 1. The van der Waals surface area contributed by atoms with E-state index in [0.717, 1.165) is 25.9 Å². The quantitative estimate of drug-likeness (QED) is 0.438. The van der Waals surface area contributed by atoms with Gasteiger partial charge in [0.2, 0.25) is 15.9 Å². The minimum atomic E-state index is -3.87. The molecule has 3 rings (SSSR count). The number of nitrogens with one attached hydrogen (secondary N) is 1. The Morgan fingerprint density at radius 1 is 1.21 bits per heavy atom. The van der Waals surface area contributed by atoms with Gasteiger partial charge in [0.15, 0.2) is 0 Å². The van der Waals surface area contributed by atoms with Gasteiger partial charge in [-0.1, -0.05) is 55.8 Å².